The molecule has 1 atom stereocenters. The summed E-state index contributed by atoms with van der Waals surface area (Å²) in [5, 5.41) is 17.1. The lowest BCUT2D eigenvalue weighted by Gasteiger charge is -2.28. The van der Waals surface area contributed by atoms with Gasteiger partial charge in [0.05, 0.1) is 6.54 Å². The van der Waals surface area contributed by atoms with Gasteiger partial charge in [-0.2, -0.15) is 5.10 Å². The minimum absolute atomic E-state index is 0.0326. The summed E-state index contributed by atoms with van der Waals surface area (Å²) in [5.74, 6) is 0.133. The molecule has 126 valence electrons. The van der Waals surface area contributed by atoms with Crippen molar-refractivity contribution in [1.82, 2.24) is 9.78 Å². The molecule has 3 aromatic rings. The Bertz CT molecular complexity index is 932. The van der Waals surface area contributed by atoms with Crippen LogP contribution in [-0.4, -0.2) is 20.8 Å². The van der Waals surface area contributed by atoms with Gasteiger partial charge in [0.15, 0.2) is 0 Å². The number of anilines is 1. The molecule has 0 radical (unpaired) electrons. The third-order valence-corrected chi connectivity index (χ3v) is 4.73. The van der Waals surface area contributed by atoms with Gasteiger partial charge in [0.1, 0.15) is 5.75 Å². The highest BCUT2D eigenvalue weighted by atomic mass is 16.3. The molecule has 5 nitrogen and oxygen atoms in total. The second-order valence-corrected chi connectivity index (χ2v) is 6.43. The predicted molar refractivity (Wildman–Crippen MR) is 95.7 cm³/mol. The second-order valence-electron chi connectivity index (χ2n) is 6.43. The molecule has 0 fully saturated rings. The van der Waals surface area contributed by atoms with Gasteiger partial charge in [-0.25, -0.2) is 0 Å². The highest BCUT2D eigenvalue weighted by Gasteiger charge is 2.28. The lowest BCUT2D eigenvalue weighted by atomic mass is 9.82. The van der Waals surface area contributed by atoms with Crippen LogP contribution < -0.4 is 5.32 Å². The number of rotatable bonds is 3. The van der Waals surface area contributed by atoms with Crippen molar-refractivity contribution >= 4 is 11.6 Å². The number of carbonyl (C=O) groups excluding carboxylic acids is 1. The second kappa shape index (κ2) is 6.09. The lowest BCUT2D eigenvalue weighted by molar-refractivity contribution is -0.116. The number of phenolic OH excluding ortho intramolecular Hbond substituents is 1. The van der Waals surface area contributed by atoms with Crippen LogP contribution in [0.4, 0.5) is 5.69 Å². The molecule has 2 heterocycles. The molecule has 0 bridgehead atoms. The third kappa shape index (κ3) is 2.89. The number of phenols is 1. The zero-order valence-electron chi connectivity index (χ0n) is 13.9. The van der Waals surface area contributed by atoms with Crippen molar-refractivity contribution in [3.05, 3.63) is 77.1 Å². The number of fused-ring (bicyclic) bond motifs is 1. The quantitative estimate of drug-likeness (QED) is 0.772. The first-order chi connectivity index (χ1) is 12.1. The van der Waals surface area contributed by atoms with E-state index in [1.165, 1.54) is 0 Å². The van der Waals surface area contributed by atoms with Crippen LogP contribution in [0.25, 0.3) is 0 Å². The van der Waals surface area contributed by atoms with Crippen molar-refractivity contribution in [2.75, 3.05) is 5.32 Å². The molecule has 1 amide bonds. The van der Waals surface area contributed by atoms with Gasteiger partial charge in [-0.3, -0.25) is 9.48 Å². The van der Waals surface area contributed by atoms with Crippen LogP contribution in [0.3, 0.4) is 0 Å². The van der Waals surface area contributed by atoms with Crippen LogP contribution in [-0.2, 0) is 11.3 Å². The van der Waals surface area contributed by atoms with Crippen LogP contribution in [0.15, 0.2) is 54.9 Å². The number of aromatic hydroxyl groups is 1. The van der Waals surface area contributed by atoms with Crippen molar-refractivity contribution in [3.63, 3.8) is 0 Å². The Morgan fingerprint density at radius 1 is 1.24 bits per heavy atom. The molecular weight excluding hydrogens is 314 g/mol. The fourth-order valence-corrected chi connectivity index (χ4v) is 3.48. The first-order valence-corrected chi connectivity index (χ1v) is 8.30. The molecule has 0 unspecified atom stereocenters. The highest BCUT2D eigenvalue weighted by Crippen LogP contribution is 2.41. The maximum Gasteiger partial charge on any atom is 0.225 e. The Labute approximate surface area is 145 Å². The van der Waals surface area contributed by atoms with Crippen molar-refractivity contribution in [3.8, 4) is 5.75 Å². The van der Waals surface area contributed by atoms with Crippen molar-refractivity contribution in [2.24, 2.45) is 0 Å². The molecule has 5 heteroatoms. The largest absolute Gasteiger partial charge is 0.508 e. The Morgan fingerprint density at radius 2 is 2.08 bits per heavy atom. The van der Waals surface area contributed by atoms with E-state index in [2.05, 4.69) is 22.5 Å². The topological polar surface area (TPSA) is 67.2 Å². The maximum absolute atomic E-state index is 12.2. The molecule has 1 aliphatic heterocycles. The molecule has 25 heavy (non-hydrogen) atoms. The Balaban J connectivity index is 1.81. The summed E-state index contributed by atoms with van der Waals surface area (Å²) in [5.41, 5.74) is 4.81. The monoisotopic (exact) mass is 333 g/mol. The number of nitrogens with one attached hydrogen (secondary N) is 1. The Kier molecular flexibility index (Phi) is 3.76. The zero-order valence-corrected chi connectivity index (χ0v) is 13.9. The minimum Gasteiger partial charge on any atom is -0.508 e. The average molecular weight is 333 g/mol. The fourth-order valence-electron chi connectivity index (χ4n) is 3.48. The molecule has 4 rings (SSSR count). The van der Waals surface area contributed by atoms with E-state index in [0.717, 1.165) is 22.3 Å². The Morgan fingerprint density at radius 3 is 2.88 bits per heavy atom. The molecule has 1 aliphatic rings. The van der Waals surface area contributed by atoms with Crippen molar-refractivity contribution in [1.29, 1.82) is 0 Å². The normalized spacial score (nSPS) is 16.4. The zero-order chi connectivity index (χ0) is 17.4. The summed E-state index contributed by atoms with van der Waals surface area (Å²) in [6, 6.07) is 13.7. The predicted octanol–water partition coefficient (Wildman–Crippen LogP) is 3.42. The van der Waals surface area contributed by atoms with Gasteiger partial charge in [-0.05, 0) is 41.3 Å². The van der Waals surface area contributed by atoms with Gasteiger partial charge in [0, 0.05) is 36.5 Å². The van der Waals surface area contributed by atoms with Crippen LogP contribution in [0.1, 0.15) is 34.6 Å². The third-order valence-electron chi connectivity index (χ3n) is 4.73. The van der Waals surface area contributed by atoms with Gasteiger partial charge in [0.2, 0.25) is 5.91 Å². The number of nitrogens with zero attached hydrogens (tertiary/aromatic N) is 2. The number of aryl methyl sites for hydroxylation is 1. The Hall–Kier alpha value is -3.08. The van der Waals surface area contributed by atoms with Gasteiger partial charge in [-0.1, -0.05) is 24.3 Å². The van der Waals surface area contributed by atoms with E-state index in [1.54, 1.807) is 12.3 Å². The molecular formula is C20H19N3O2. The summed E-state index contributed by atoms with van der Waals surface area (Å²) >= 11 is 0. The highest BCUT2D eigenvalue weighted by molar-refractivity contribution is 5.95. The SMILES string of the molecule is Cc1cc2c(cc1O)NC(=O)C[C@H]2c1ccccc1Cn1cccn1. The first kappa shape index (κ1) is 15.4. The van der Waals surface area contributed by atoms with E-state index in [9.17, 15) is 9.90 Å². The van der Waals surface area contributed by atoms with Gasteiger partial charge >= 0.3 is 0 Å². The number of hydrogen-bond acceptors (Lipinski definition) is 3. The van der Waals surface area contributed by atoms with Crippen molar-refractivity contribution in [2.45, 2.75) is 25.8 Å². The van der Waals surface area contributed by atoms with E-state index in [0.29, 0.717) is 18.7 Å². The van der Waals surface area contributed by atoms with E-state index in [4.69, 9.17) is 0 Å². The number of benzene rings is 2. The molecule has 0 saturated heterocycles. The van der Waals surface area contributed by atoms with Crippen LogP contribution in [0.5, 0.6) is 5.75 Å². The first-order valence-electron chi connectivity index (χ1n) is 8.30. The summed E-state index contributed by atoms with van der Waals surface area (Å²) < 4.78 is 1.88. The van der Waals surface area contributed by atoms with E-state index in [-0.39, 0.29) is 17.6 Å². The van der Waals surface area contributed by atoms with E-state index < -0.39 is 0 Å². The smallest absolute Gasteiger partial charge is 0.225 e. The number of aromatic nitrogens is 2. The summed E-state index contributed by atoms with van der Waals surface area (Å²) in [6.07, 6.45) is 4.09. The van der Waals surface area contributed by atoms with Crippen LogP contribution in [0.2, 0.25) is 0 Å². The minimum atomic E-state index is -0.0327. The van der Waals surface area contributed by atoms with Gasteiger partial charge in [-0.15, -0.1) is 0 Å². The lowest BCUT2D eigenvalue weighted by Crippen LogP contribution is -2.24. The summed E-state index contributed by atoms with van der Waals surface area (Å²) in [4.78, 5) is 12.2. The molecule has 0 saturated carbocycles. The maximum atomic E-state index is 12.2. The summed E-state index contributed by atoms with van der Waals surface area (Å²) in [6.45, 7) is 2.53. The van der Waals surface area contributed by atoms with Gasteiger partial charge < -0.3 is 10.4 Å². The molecule has 0 spiro atoms. The number of carbonyl (C=O) groups is 1. The molecule has 1 aromatic heterocycles. The van der Waals surface area contributed by atoms with E-state index >= 15 is 0 Å². The molecule has 2 aromatic carbocycles. The van der Waals surface area contributed by atoms with E-state index in [1.807, 2.05) is 42.1 Å². The molecule has 0 aliphatic carbocycles. The van der Waals surface area contributed by atoms with Crippen LogP contribution in [0, 0.1) is 6.92 Å². The summed E-state index contributed by atoms with van der Waals surface area (Å²) in [7, 11) is 0. The van der Waals surface area contributed by atoms with Crippen molar-refractivity contribution < 1.29 is 9.90 Å². The van der Waals surface area contributed by atoms with Gasteiger partial charge in [0.25, 0.3) is 0 Å². The number of hydrogen-bond donors (Lipinski definition) is 2. The average Bonchev–Trinajstić information content (AvgIpc) is 3.09. The number of amides is 1. The molecule has 2 N–H and O–H groups in total. The fraction of sp³-hybridized carbons (Fsp3) is 0.200. The van der Waals surface area contributed by atoms with Crippen LogP contribution >= 0.6 is 0 Å². The standard InChI is InChI=1S/C20H19N3O2/c1-13-9-17-16(10-20(25)22-18(17)11-19(13)24)15-6-3-2-5-14(15)12-23-8-4-7-21-23/h2-9,11,16,24H,10,12H2,1H3,(H,22,25)/t16-/m0/s1.